The number of thiazole rings is 1. The van der Waals surface area contributed by atoms with Crippen LogP contribution in [0.4, 0.5) is 5.13 Å². The summed E-state index contributed by atoms with van der Waals surface area (Å²) < 4.78 is 41.7. The number of aromatic nitrogens is 1. The molecule has 3 unspecified atom stereocenters. The van der Waals surface area contributed by atoms with Crippen LogP contribution >= 0.6 is 11.3 Å². The van der Waals surface area contributed by atoms with Crippen molar-refractivity contribution in [1.29, 1.82) is 5.41 Å². The third-order valence-corrected chi connectivity index (χ3v) is 9.59. The van der Waals surface area contributed by atoms with Gasteiger partial charge in [-0.2, -0.15) is 13.5 Å². The highest BCUT2D eigenvalue weighted by Gasteiger charge is 2.58. The standard InChI is InChI=1S/C28H36N8O10S2/c1-27(2)21(24(38)36(27)46-48(41,42)43)34-23(37)20(17-12-47-26(31)33-17)35-45-28(3,25(39)40)19-9-5-13-10-14(4-8-18(13)44-19)22(30)32-16-7-6-15(29)11-16/h4,8,10,12,15-16,19,21H,5-7,9,11,29H2,1-3H3,(H2,30,32)(H2,31,33)(H,34,37)(H,39,40)(H,41,42,43)/t15-,16-,19?,21?,28?/m0/s1. The Bertz CT molecular complexity index is 1780. The van der Waals surface area contributed by atoms with Crippen molar-refractivity contribution < 1.29 is 46.3 Å². The van der Waals surface area contributed by atoms with Crippen molar-refractivity contribution in [3.63, 3.8) is 0 Å². The van der Waals surface area contributed by atoms with E-state index in [1.54, 1.807) is 12.1 Å². The Morgan fingerprint density at radius 2 is 2.00 bits per heavy atom. The molecule has 18 nitrogen and oxygen atoms in total. The molecule has 3 heterocycles. The first-order chi connectivity index (χ1) is 22.4. The van der Waals surface area contributed by atoms with Crippen LogP contribution in [0.2, 0.25) is 0 Å². The highest BCUT2D eigenvalue weighted by atomic mass is 32.3. The fourth-order valence-corrected chi connectivity index (χ4v) is 6.76. The number of amidine groups is 1. The summed E-state index contributed by atoms with van der Waals surface area (Å²) in [6.45, 7) is 3.97. The number of aliphatic carboxylic acids is 1. The van der Waals surface area contributed by atoms with Gasteiger partial charge in [0.2, 0.25) is 0 Å². The van der Waals surface area contributed by atoms with Crippen molar-refractivity contribution in [1.82, 2.24) is 20.7 Å². The van der Waals surface area contributed by atoms with Gasteiger partial charge in [-0.25, -0.2) is 9.78 Å². The lowest BCUT2D eigenvalue weighted by Crippen LogP contribution is -2.76. The molecule has 1 aromatic carbocycles. The number of carbonyl (C=O) groups is 3. The molecule has 0 bridgehead atoms. The molecule has 0 radical (unpaired) electrons. The van der Waals surface area contributed by atoms with Gasteiger partial charge in [0.05, 0.1) is 5.54 Å². The van der Waals surface area contributed by atoms with Crippen LogP contribution in [0, 0.1) is 5.41 Å². The summed E-state index contributed by atoms with van der Waals surface area (Å²) in [7, 11) is -5.03. The van der Waals surface area contributed by atoms with E-state index in [1.165, 1.54) is 26.2 Å². The van der Waals surface area contributed by atoms with Crippen molar-refractivity contribution in [3.8, 4) is 5.75 Å². The zero-order valence-corrected chi connectivity index (χ0v) is 27.8. The molecule has 20 heteroatoms. The number of nitrogen functional groups attached to an aromatic ring is 1. The van der Waals surface area contributed by atoms with E-state index in [4.69, 9.17) is 31.0 Å². The molecule has 2 amide bonds. The molecule has 1 saturated heterocycles. The van der Waals surface area contributed by atoms with E-state index in [1.807, 2.05) is 6.07 Å². The minimum Gasteiger partial charge on any atom is -0.485 e. The van der Waals surface area contributed by atoms with E-state index in [-0.39, 0.29) is 35.2 Å². The number of benzene rings is 1. The van der Waals surface area contributed by atoms with Crippen LogP contribution in [0.15, 0.2) is 28.7 Å². The number of carboxylic acids is 1. The van der Waals surface area contributed by atoms with E-state index >= 15 is 0 Å². The number of fused-ring (bicyclic) bond motifs is 1. The molecule has 2 aliphatic heterocycles. The van der Waals surface area contributed by atoms with Gasteiger partial charge in [0.25, 0.3) is 17.4 Å². The molecule has 0 spiro atoms. The Kier molecular flexibility index (Phi) is 9.40. The van der Waals surface area contributed by atoms with Crippen molar-refractivity contribution in [3.05, 3.63) is 40.4 Å². The van der Waals surface area contributed by atoms with Gasteiger partial charge in [-0.15, -0.1) is 15.6 Å². The van der Waals surface area contributed by atoms with E-state index in [0.29, 0.717) is 22.8 Å². The number of nitrogens with one attached hydrogen (secondary N) is 3. The minimum atomic E-state index is -5.03. The van der Waals surface area contributed by atoms with E-state index < -0.39 is 57.2 Å². The maximum absolute atomic E-state index is 13.4. The summed E-state index contributed by atoms with van der Waals surface area (Å²) in [5.74, 6) is -2.80. The molecular weight excluding hydrogens is 672 g/mol. The zero-order chi connectivity index (χ0) is 35.2. The molecular formula is C28H36N8O10S2. The van der Waals surface area contributed by atoms with E-state index in [9.17, 15) is 27.9 Å². The number of oxime groups is 1. The summed E-state index contributed by atoms with van der Waals surface area (Å²) in [5, 5.41) is 30.1. The molecule has 1 aromatic heterocycles. The summed E-state index contributed by atoms with van der Waals surface area (Å²) in [4.78, 5) is 48.3. The van der Waals surface area contributed by atoms with Crippen LogP contribution in [-0.2, 0) is 40.3 Å². The van der Waals surface area contributed by atoms with Gasteiger partial charge < -0.3 is 36.8 Å². The van der Waals surface area contributed by atoms with Crippen LogP contribution in [0.25, 0.3) is 0 Å². The lowest BCUT2D eigenvalue weighted by atomic mass is 9.84. The van der Waals surface area contributed by atoms with Gasteiger partial charge in [0, 0.05) is 23.0 Å². The van der Waals surface area contributed by atoms with E-state index in [2.05, 4.69) is 25.1 Å². The highest BCUT2D eigenvalue weighted by Crippen LogP contribution is 2.35. The lowest BCUT2D eigenvalue weighted by Gasteiger charge is -2.50. The number of hydrogen-bond donors (Lipinski definition) is 7. The maximum Gasteiger partial charge on any atom is 0.418 e. The number of β-lactam (4-membered cyclic amide) rings is 1. The third-order valence-electron chi connectivity index (χ3n) is 8.58. The molecule has 9 N–H and O–H groups in total. The number of carboxylic acid groups (broad SMARTS) is 1. The lowest BCUT2D eigenvalue weighted by molar-refractivity contribution is -0.218. The number of nitrogens with two attached hydrogens (primary N) is 2. The van der Waals surface area contributed by atoms with Crippen LogP contribution in [0.3, 0.4) is 0 Å². The summed E-state index contributed by atoms with van der Waals surface area (Å²) >= 11 is 0.962. The average molecular weight is 709 g/mol. The zero-order valence-electron chi connectivity index (χ0n) is 26.1. The number of ether oxygens (including phenoxy) is 1. The molecule has 2 fully saturated rings. The summed E-state index contributed by atoms with van der Waals surface area (Å²) in [5.41, 5.74) is 8.99. The Labute approximate surface area is 279 Å². The number of anilines is 1. The van der Waals surface area contributed by atoms with Crippen LogP contribution < -0.4 is 26.8 Å². The number of hydroxylamine groups is 2. The first kappa shape index (κ1) is 35.0. The number of aryl methyl sites for hydroxylation is 1. The predicted molar refractivity (Wildman–Crippen MR) is 170 cm³/mol. The van der Waals surface area contributed by atoms with Gasteiger partial charge in [0.15, 0.2) is 16.9 Å². The number of hydrogen-bond acceptors (Lipinski definition) is 14. The number of carbonyl (C=O) groups excluding carboxylic acids is 2. The molecule has 48 heavy (non-hydrogen) atoms. The highest BCUT2D eigenvalue weighted by molar-refractivity contribution is 7.80. The van der Waals surface area contributed by atoms with Crippen molar-refractivity contribution >= 4 is 56.2 Å². The molecule has 260 valence electrons. The molecule has 3 aliphatic rings. The molecule has 1 saturated carbocycles. The topological polar surface area (TPSA) is 282 Å². The minimum absolute atomic E-state index is 0.0564. The van der Waals surface area contributed by atoms with Gasteiger partial charge in [-0.1, -0.05) is 5.16 Å². The molecule has 5 rings (SSSR count). The Hall–Kier alpha value is -4.37. The fourth-order valence-electron chi connectivity index (χ4n) is 5.76. The maximum atomic E-state index is 13.4. The van der Waals surface area contributed by atoms with Crippen molar-refractivity contribution in [2.24, 2.45) is 10.9 Å². The van der Waals surface area contributed by atoms with Crippen molar-refractivity contribution in [2.75, 3.05) is 5.73 Å². The van der Waals surface area contributed by atoms with Crippen molar-refractivity contribution in [2.45, 2.75) is 88.2 Å². The summed E-state index contributed by atoms with van der Waals surface area (Å²) in [6, 6.07) is 4.07. The Balaban J connectivity index is 1.33. The summed E-state index contributed by atoms with van der Waals surface area (Å²) in [6.07, 6.45) is 2.08. The van der Waals surface area contributed by atoms with Gasteiger partial charge in [-0.05, 0) is 76.6 Å². The predicted octanol–water partition coefficient (Wildman–Crippen LogP) is 0.318. The normalized spacial score (nSPS) is 24.8. The number of amides is 2. The van der Waals surface area contributed by atoms with Crippen LogP contribution in [-0.4, -0.2) is 92.8 Å². The van der Waals surface area contributed by atoms with Crippen LogP contribution in [0.5, 0.6) is 5.75 Å². The fraction of sp³-hybridized carbons (Fsp3) is 0.500. The largest absolute Gasteiger partial charge is 0.485 e. The quantitative estimate of drug-likeness (QED) is 0.0544. The Morgan fingerprint density at radius 3 is 2.58 bits per heavy atom. The molecule has 2 aromatic rings. The second-order valence-electron chi connectivity index (χ2n) is 12.5. The second-order valence-corrected chi connectivity index (χ2v) is 14.4. The smallest absolute Gasteiger partial charge is 0.418 e. The second kappa shape index (κ2) is 12.9. The van der Waals surface area contributed by atoms with Crippen LogP contribution in [0.1, 0.15) is 63.3 Å². The third kappa shape index (κ3) is 7.06. The molecule has 1 aliphatic carbocycles. The van der Waals surface area contributed by atoms with Gasteiger partial charge in [-0.3, -0.25) is 19.6 Å². The van der Waals surface area contributed by atoms with Gasteiger partial charge >= 0.3 is 16.4 Å². The Morgan fingerprint density at radius 1 is 1.27 bits per heavy atom. The van der Waals surface area contributed by atoms with Gasteiger partial charge in [0.1, 0.15) is 23.3 Å². The first-order valence-electron chi connectivity index (χ1n) is 14.8. The number of rotatable bonds is 11. The molecule has 5 atom stereocenters. The average Bonchev–Trinajstić information content (AvgIpc) is 3.64. The first-order valence-corrected chi connectivity index (χ1v) is 17.1. The van der Waals surface area contributed by atoms with E-state index in [0.717, 1.165) is 36.2 Å². The monoisotopic (exact) mass is 708 g/mol. The number of nitrogens with zero attached hydrogens (tertiary/aromatic N) is 3. The SMILES string of the molecule is CC(ON=C(C(=O)NC1C(=O)N(OS(=O)(=O)O)C1(C)C)c1csc(N)n1)(C(=O)O)C1CCc2cc(C(=N)N[C@H]3CC[C@H](N)C3)ccc2O1.